The van der Waals surface area contributed by atoms with Gasteiger partial charge in [0, 0.05) is 18.3 Å². The van der Waals surface area contributed by atoms with Crippen molar-refractivity contribution in [2.75, 3.05) is 24.6 Å². The Morgan fingerprint density at radius 2 is 2.18 bits per heavy atom. The molecule has 0 aliphatic rings. The largest absolute Gasteiger partial charge is 0.480 e. The van der Waals surface area contributed by atoms with Gasteiger partial charge in [-0.05, 0) is 13.8 Å². The molecule has 17 heavy (non-hydrogen) atoms. The second kappa shape index (κ2) is 8.76. The van der Waals surface area contributed by atoms with Gasteiger partial charge in [-0.1, -0.05) is 5.92 Å². The fourth-order valence-electron chi connectivity index (χ4n) is 1.10. The first kappa shape index (κ1) is 15.7. The molecule has 0 aromatic carbocycles. The lowest BCUT2D eigenvalue weighted by Gasteiger charge is -2.25. The minimum atomic E-state index is -1.02. The second-order valence-electron chi connectivity index (χ2n) is 3.60. The van der Waals surface area contributed by atoms with Crippen LogP contribution >= 0.6 is 11.8 Å². The lowest BCUT2D eigenvalue weighted by Crippen LogP contribution is -2.47. The first-order valence-corrected chi connectivity index (χ1v) is 6.42. The number of nitrogens with zero attached hydrogens (tertiary/aromatic N) is 1. The predicted octanol–water partition coefficient (Wildman–Crippen LogP) is 0.857. The lowest BCUT2D eigenvalue weighted by atomic mass is 10.3. The Balaban J connectivity index is 3.99. The van der Waals surface area contributed by atoms with Crippen molar-refractivity contribution in [3.05, 3.63) is 0 Å². The third kappa shape index (κ3) is 7.53. The van der Waals surface area contributed by atoms with E-state index < -0.39 is 5.97 Å². The number of hydrogen-bond donors (Lipinski definition) is 2. The number of carboxylic acids is 1. The molecule has 6 heteroatoms. The maximum absolute atomic E-state index is 11.7. The van der Waals surface area contributed by atoms with Gasteiger partial charge in [0.05, 0.1) is 5.75 Å². The summed E-state index contributed by atoms with van der Waals surface area (Å²) in [6.07, 6.45) is 5.08. The Labute approximate surface area is 106 Å². The summed E-state index contributed by atoms with van der Waals surface area (Å²) in [5, 5.41) is 11.3. The smallest absolute Gasteiger partial charge is 0.323 e. The summed E-state index contributed by atoms with van der Waals surface area (Å²) in [5.41, 5.74) is 0. The standard InChI is InChI=1S/C11H18N2O3S/c1-4-6-17-7-5-12-11(16)13(9(2)3)8-10(14)15/h1,9H,5-8H2,2-3H3,(H,12,16)(H,14,15). The highest BCUT2D eigenvalue weighted by molar-refractivity contribution is 7.99. The second-order valence-corrected chi connectivity index (χ2v) is 4.71. The topological polar surface area (TPSA) is 69.6 Å². The summed E-state index contributed by atoms with van der Waals surface area (Å²) in [4.78, 5) is 23.5. The van der Waals surface area contributed by atoms with Crippen LogP contribution in [0.4, 0.5) is 4.79 Å². The van der Waals surface area contributed by atoms with Crippen molar-refractivity contribution in [2.45, 2.75) is 19.9 Å². The highest BCUT2D eigenvalue weighted by Crippen LogP contribution is 2.00. The zero-order chi connectivity index (χ0) is 13.3. The Morgan fingerprint density at radius 3 is 2.65 bits per heavy atom. The summed E-state index contributed by atoms with van der Waals surface area (Å²) in [5.74, 6) is 2.79. The molecule has 0 heterocycles. The van der Waals surface area contributed by atoms with Crippen LogP contribution in [-0.2, 0) is 4.79 Å². The maximum atomic E-state index is 11.7. The first-order valence-electron chi connectivity index (χ1n) is 5.26. The van der Waals surface area contributed by atoms with Crippen LogP contribution in [0.15, 0.2) is 0 Å². The fraction of sp³-hybridized carbons (Fsp3) is 0.636. The van der Waals surface area contributed by atoms with E-state index in [1.54, 1.807) is 25.6 Å². The molecule has 2 N–H and O–H groups in total. The monoisotopic (exact) mass is 258 g/mol. The molecule has 0 rings (SSSR count). The van der Waals surface area contributed by atoms with Gasteiger partial charge >= 0.3 is 12.0 Å². The van der Waals surface area contributed by atoms with E-state index in [9.17, 15) is 9.59 Å². The van der Waals surface area contributed by atoms with Crippen LogP contribution < -0.4 is 5.32 Å². The molecule has 0 atom stereocenters. The van der Waals surface area contributed by atoms with Gasteiger partial charge < -0.3 is 15.3 Å². The van der Waals surface area contributed by atoms with E-state index in [1.165, 1.54) is 4.90 Å². The zero-order valence-corrected chi connectivity index (χ0v) is 10.9. The average molecular weight is 258 g/mol. The van der Waals surface area contributed by atoms with E-state index in [4.69, 9.17) is 11.5 Å². The Hall–Kier alpha value is -1.35. The van der Waals surface area contributed by atoms with Gasteiger partial charge in [0.25, 0.3) is 0 Å². The van der Waals surface area contributed by atoms with Gasteiger partial charge in [0.15, 0.2) is 0 Å². The van der Waals surface area contributed by atoms with E-state index in [-0.39, 0.29) is 18.6 Å². The number of carbonyl (C=O) groups is 2. The van der Waals surface area contributed by atoms with Gasteiger partial charge in [-0.2, -0.15) is 0 Å². The molecule has 0 bridgehead atoms. The van der Waals surface area contributed by atoms with Crippen molar-refractivity contribution < 1.29 is 14.7 Å². The molecule has 2 amide bonds. The van der Waals surface area contributed by atoms with Crippen LogP contribution in [0.1, 0.15) is 13.8 Å². The first-order chi connectivity index (χ1) is 7.99. The number of thioether (sulfide) groups is 1. The van der Waals surface area contributed by atoms with Gasteiger partial charge in [-0.3, -0.25) is 4.79 Å². The molecule has 5 nitrogen and oxygen atoms in total. The van der Waals surface area contributed by atoms with Gasteiger partial charge in [0.1, 0.15) is 6.54 Å². The van der Waals surface area contributed by atoms with Crippen LogP contribution in [0.2, 0.25) is 0 Å². The average Bonchev–Trinajstić information content (AvgIpc) is 2.24. The molecule has 0 unspecified atom stereocenters. The minimum absolute atomic E-state index is 0.149. The molecular formula is C11H18N2O3S. The SMILES string of the molecule is C#CCSCCNC(=O)N(CC(=O)O)C(C)C. The number of carbonyl (C=O) groups excluding carboxylic acids is 1. The molecule has 0 aromatic heterocycles. The number of carboxylic acid groups (broad SMARTS) is 1. The summed E-state index contributed by atoms with van der Waals surface area (Å²) in [7, 11) is 0. The van der Waals surface area contributed by atoms with E-state index in [0.717, 1.165) is 5.75 Å². The normalized spacial score (nSPS) is 9.76. The van der Waals surface area contributed by atoms with Crippen molar-refractivity contribution in [3.8, 4) is 12.3 Å². The molecule has 0 spiro atoms. The summed E-state index contributed by atoms with van der Waals surface area (Å²) in [6, 6.07) is -0.506. The number of urea groups is 1. The number of amides is 2. The van der Waals surface area contributed by atoms with Gasteiger partial charge in [-0.15, -0.1) is 18.2 Å². The zero-order valence-electron chi connectivity index (χ0n) is 10.1. The van der Waals surface area contributed by atoms with Crippen molar-refractivity contribution in [2.24, 2.45) is 0 Å². The molecule has 96 valence electrons. The van der Waals surface area contributed by atoms with Crippen molar-refractivity contribution in [3.63, 3.8) is 0 Å². The summed E-state index contributed by atoms with van der Waals surface area (Å²) >= 11 is 1.54. The van der Waals surface area contributed by atoms with E-state index in [0.29, 0.717) is 12.3 Å². The highest BCUT2D eigenvalue weighted by atomic mass is 32.2. The summed E-state index contributed by atoms with van der Waals surface area (Å²) in [6.45, 7) is 3.74. The molecule has 0 aliphatic carbocycles. The molecule has 0 aromatic rings. The maximum Gasteiger partial charge on any atom is 0.323 e. The third-order valence-electron chi connectivity index (χ3n) is 1.90. The molecular weight excluding hydrogens is 240 g/mol. The van der Waals surface area contributed by atoms with Crippen LogP contribution in [-0.4, -0.2) is 52.6 Å². The van der Waals surface area contributed by atoms with Crippen molar-refractivity contribution in [1.29, 1.82) is 0 Å². The number of hydrogen-bond acceptors (Lipinski definition) is 3. The molecule has 0 fully saturated rings. The van der Waals surface area contributed by atoms with E-state index >= 15 is 0 Å². The van der Waals surface area contributed by atoms with Crippen LogP contribution in [0.25, 0.3) is 0 Å². The fourth-order valence-corrected chi connectivity index (χ4v) is 1.61. The summed E-state index contributed by atoms with van der Waals surface area (Å²) < 4.78 is 0. The van der Waals surface area contributed by atoms with Crippen LogP contribution in [0.5, 0.6) is 0 Å². The third-order valence-corrected chi connectivity index (χ3v) is 2.76. The number of terminal acetylenes is 1. The van der Waals surface area contributed by atoms with Crippen molar-refractivity contribution in [1.82, 2.24) is 10.2 Å². The molecule has 0 saturated heterocycles. The van der Waals surface area contributed by atoms with E-state index in [1.807, 2.05) is 0 Å². The van der Waals surface area contributed by atoms with Gasteiger partial charge in [0.2, 0.25) is 0 Å². The number of nitrogens with one attached hydrogen (secondary N) is 1. The number of aliphatic carboxylic acids is 1. The molecule has 0 radical (unpaired) electrons. The quantitative estimate of drug-likeness (QED) is 0.525. The Kier molecular flexibility index (Phi) is 8.07. The highest BCUT2D eigenvalue weighted by Gasteiger charge is 2.18. The molecule has 0 saturated carbocycles. The Morgan fingerprint density at radius 1 is 1.53 bits per heavy atom. The van der Waals surface area contributed by atoms with Crippen molar-refractivity contribution >= 4 is 23.8 Å². The van der Waals surface area contributed by atoms with E-state index in [2.05, 4.69) is 11.2 Å². The van der Waals surface area contributed by atoms with Gasteiger partial charge in [-0.25, -0.2) is 4.79 Å². The number of rotatable bonds is 7. The van der Waals surface area contributed by atoms with Crippen LogP contribution in [0, 0.1) is 12.3 Å². The predicted molar refractivity (Wildman–Crippen MR) is 69.0 cm³/mol. The minimum Gasteiger partial charge on any atom is -0.480 e. The van der Waals surface area contributed by atoms with Crippen LogP contribution in [0.3, 0.4) is 0 Å². The lowest BCUT2D eigenvalue weighted by molar-refractivity contribution is -0.138. The Bertz CT molecular complexity index is 300. The molecule has 0 aliphatic heterocycles.